The van der Waals surface area contributed by atoms with Gasteiger partial charge in [-0.3, -0.25) is 4.79 Å². The van der Waals surface area contributed by atoms with E-state index in [1.165, 1.54) is 36.2 Å². The lowest BCUT2D eigenvalue weighted by Crippen LogP contribution is -2.41. The van der Waals surface area contributed by atoms with E-state index in [9.17, 15) is 4.79 Å². The third-order valence-electron chi connectivity index (χ3n) is 4.42. The topological polar surface area (TPSA) is 59.2 Å². The molecule has 0 atom stereocenters. The predicted octanol–water partition coefficient (Wildman–Crippen LogP) is 3.58. The number of nitrogens with zero attached hydrogens (tertiary/aromatic N) is 2. The molecule has 1 aliphatic carbocycles. The summed E-state index contributed by atoms with van der Waals surface area (Å²) in [5.41, 5.74) is 7.33. The van der Waals surface area contributed by atoms with Crippen LogP contribution in [0.2, 0.25) is 0 Å². The maximum atomic E-state index is 13.0. The molecule has 4 nitrogen and oxygen atoms in total. The van der Waals surface area contributed by atoms with Crippen LogP contribution in [0, 0.1) is 0 Å². The van der Waals surface area contributed by atoms with E-state index in [0.29, 0.717) is 24.8 Å². The van der Waals surface area contributed by atoms with Gasteiger partial charge < -0.3 is 10.6 Å². The predicted molar refractivity (Wildman–Crippen MR) is 93.2 cm³/mol. The highest BCUT2D eigenvalue weighted by atomic mass is 32.1. The molecule has 0 bridgehead atoms. The standard InChI is InChI=1S/C18H23N3OS/c19-11-17-20-16(13-23-17)18(22)21(15-9-5-2-6-10-15)12-14-7-3-1-4-8-14/h1,3-4,7-8,13,15H,2,5-6,9-12,19H2. The second kappa shape index (κ2) is 7.70. The van der Waals surface area contributed by atoms with Crippen LogP contribution in [0.1, 0.15) is 53.2 Å². The van der Waals surface area contributed by atoms with Crippen molar-refractivity contribution in [2.75, 3.05) is 0 Å². The third-order valence-corrected chi connectivity index (χ3v) is 5.29. The molecule has 5 heteroatoms. The van der Waals surface area contributed by atoms with Crippen molar-refractivity contribution < 1.29 is 4.79 Å². The van der Waals surface area contributed by atoms with Crippen molar-refractivity contribution in [3.8, 4) is 0 Å². The van der Waals surface area contributed by atoms with Crippen molar-refractivity contribution in [1.29, 1.82) is 0 Å². The summed E-state index contributed by atoms with van der Waals surface area (Å²) in [5.74, 6) is 0.0386. The van der Waals surface area contributed by atoms with E-state index in [1.54, 1.807) is 0 Å². The first-order valence-corrected chi connectivity index (χ1v) is 9.15. The minimum absolute atomic E-state index is 0.0386. The summed E-state index contributed by atoms with van der Waals surface area (Å²) in [6.07, 6.45) is 5.86. The number of aromatic nitrogens is 1. The Kier molecular flexibility index (Phi) is 5.41. The highest BCUT2D eigenvalue weighted by Gasteiger charge is 2.27. The van der Waals surface area contributed by atoms with Crippen LogP contribution in [0.4, 0.5) is 0 Å². The minimum atomic E-state index is 0.0386. The van der Waals surface area contributed by atoms with Gasteiger partial charge in [-0.15, -0.1) is 11.3 Å². The fraction of sp³-hybridized carbons (Fsp3) is 0.444. The van der Waals surface area contributed by atoms with Crippen molar-refractivity contribution in [3.63, 3.8) is 0 Å². The van der Waals surface area contributed by atoms with Gasteiger partial charge in [0.05, 0.1) is 0 Å². The molecule has 2 aromatic rings. The smallest absolute Gasteiger partial charge is 0.273 e. The molecule has 1 fully saturated rings. The molecule has 1 heterocycles. The monoisotopic (exact) mass is 329 g/mol. The second-order valence-electron chi connectivity index (χ2n) is 6.04. The van der Waals surface area contributed by atoms with Gasteiger partial charge in [-0.05, 0) is 18.4 Å². The van der Waals surface area contributed by atoms with Crippen LogP contribution >= 0.6 is 11.3 Å². The molecule has 0 radical (unpaired) electrons. The zero-order valence-electron chi connectivity index (χ0n) is 13.3. The largest absolute Gasteiger partial charge is 0.330 e. The van der Waals surface area contributed by atoms with E-state index < -0.39 is 0 Å². The highest BCUT2D eigenvalue weighted by molar-refractivity contribution is 7.09. The van der Waals surface area contributed by atoms with Gasteiger partial charge in [0.25, 0.3) is 5.91 Å². The molecule has 1 saturated carbocycles. The van der Waals surface area contributed by atoms with Crippen LogP contribution in [0.25, 0.3) is 0 Å². The number of nitrogens with two attached hydrogens (primary N) is 1. The van der Waals surface area contributed by atoms with Crippen LogP contribution in [0.15, 0.2) is 35.7 Å². The van der Waals surface area contributed by atoms with Gasteiger partial charge in [0.1, 0.15) is 10.7 Å². The summed E-state index contributed by atoms with van der Waals surface area (Å²) in [7, 11) is 0. The molecule has 3 rings (SSSR count). The lowest BCUT2D eigenvalue weighted by atomic mass is 9.93. The van der Waals surface area contributed by atoms with Crippen molar-refractivity contribution in [3.05, 3.63) is 52.0 Å². The Hall–Kier alpha value is -1.72. The third kappa shape index (κ3) is 3.98. The zero-order valence-corrected chi connectivity index (χ0v) is 14.1. The van der Waals surface area contributed by atoms with Crippen LogP contribution in [0.5, 0.6) is 0 Å². The molecule has 122 valence electrons. The van der Waals surface area contributed by atoms with E-state index in [-0.39, 0.29) is 5.91 Å². The molecule has 2 N–H and O–H groups in total. The maximum Gasteiger partial charge on any atom is 0.273 e. The van der Waals surface area contributed by atoms with E-state index in [1.807, 2.05) is 28.5 Å². The molecular formula is C18H23N3OS. The molecule has 1 aliphatic rings. The van der Waals surface area contributed by atoms with Gasteiger partial charge in [-0.25, -0.2) is 4.98 Å². The van der Waals surface area contributed by atoms with Crippen molar-refractivity contribution in [2.45, 2.75) is 51.2 Å². The van der Waals surface area contributed by atoms with E-state index >= 15 is 0 Å². The molecule has 0 spiro atoms. The fourth-order valence-corrected chi connectivity index (χ4v) is 3.84. The molecule has 0 aliphatic heterocycles. The number of carbonyl (C=O) groups is 1. The Bertz CT molecular complexity index is 635. The Morgan fingerprint density at radius 1 is 1.22 bits per heavy atom. The Labute approximate surface area is 141 Å². The molecule has 0 saturated heterocycles. The first kappa shape index (κ1) is 16.1. The van der Waals surface area contributed by atoms with Gasteiger partial charge in [-0.2, -0.15) is 0 Å². The second-order valence-corrected chi connectivity index (χ2v) is 6.98. The summed E-state index contributed by atoms with van der Waals surface area (Å²) >= 11 is 1.46. The number of benzene rings is 1. The van der Waals surface area contributed by atoms with Crippen LogP contribution in [-0.4, -0.2) is 21.8 Å². The van der Waals surface area contributed by atoms with Gasteiger partial charge in [0.2, 0.25) is 0 Å². The fourth-order valence-electron chi connectivity index (χ4n) is 3.19. The first-order chi connectivity index (χ1) is 11.3. The number of rotatable bonds is 5. The summed E-state index contributed by atoms with van der Waals surface area (Å²) in [6.45, 7) is 1.04. The number of carbonyl (C=O) groups excluding carboxylic acids is 1. The average Bonchev–Trinajstić information content (AvgIpc) is 3.10. The van der Waals surface area contributed by atoms with Crippen molar-refractivity contribution >= 4 is 17.2 Å². The lowest BCUT2D eigenvalue weighted by Gasteiger charge is -2.34. The average molecular weight is 329 g/mol. The summed E-state index contributed by atoms with van der Waals surface area (Å²) < 4.78 is 0. The number of hydrogen-bond donors (Lipinski definition) is 1. The molecule has 23 heavy (non-hydrogen) atoms. The van der Waals surface area contributed by atoms with E-state index in [4.69, 9.17) is 5.73 Å². The van der Waals surface area contributed by atoms with Gasteiger partial charge >= 0.3 is 0 Å². The van der Waals surface area contributed by atoms with Crippen LogP contribution in [0.3, 0.4) is 0 Å². The summed E-state index contributed by atoms with van der Waals surface area (Å²) in [5, 5.41) is 2.65. The Balaban J connectivity index is 1.82. The maximum absolute atomic E-state index is 13.0. The lowest BCUT2D eigenvalue weighted by molar-refractivity contribution is 0.0609. The van der Waals surface area contributed by atoms with Gasteiger partial charge in [0, 0.05) is 24.5 Å². The van der Waals surface area contributed by atoms with Crippen LogP contribution in [-0.2, 0) is 13.1 Å². The number of thiazole rings is 1. The highest BCUT2D eigenvalue weighted by Crippen LogP contribution is 2.26. The van der Waals surface area contributed by atoms with Crippen molar-refractivity contribution in [2.24, 2.45) is 5.73 Å². The SMILES string of the molecule is NCc1nc(C(=O)N(Cc2ccccc2)C2CCCCC2)cs1. The molecule has 1 aromatic heterocycles. The van der Waals surface area contributed by atoms with Crippen molar-refractivity contribution in [1.82, 2.24) is 9.88 Å². The quantitative estimate of drug-likeness (QED) is 0.912. The molecular weight excluding hydrogens is 306 g/mol. The zero-order chi connectivity index (χ0) is 16.1. The molecule has 0 unspecified atom stereocenters. The summed E-state index contributed by atoms with van der Waals surface area (Å²) in [6, 6.07) is 10.5. The Morgan fingerprint density at radius 2 is 1.96 bits per heavy atom. The van der Waals surface area contributed by atoms with E-state index in [0.717, 1.165) is 17.8 Å². The Morgan fingerprint density at radius 3 is 2.61 bits per heavy atom. The van der Waals surface area contributed by atoms with Gasteiger partial charge in [0.15, 0.2) is 0 Å². The summed E-state index contributed by atoms with van der Waals surface area (Å²) in [4.78, 5) is 19.4. The minimum Gasteiger partial charge on any atom is -0.330 e. The molecule has 1 amide bonds. The number of amides is 1. The molecule has 1 aromatic carbocycles. The normalized spacial score (nSPS) is 15.5. The number of hydrogen-bond acceptors (Lipinski definition) is 4. The first-order valence-electron chi connectivity index (χ1n) is 8.27. The van der Waals surface area contributed by atoms with E-state index in [2.05, 4.69) is 17.1 Å². The van der Waals surface area contributed by atoms with Crippen LogP contribution < -0.4 is 5.73 Å². The van der Waals surface area contributed by atoms with Gasteiger partial charge in [-0.1, -0.05) is 49.6 Å².